The maximum atomic E-state index is 5.01. The van der Waals surface area contributed by atoms with Gasteiger partial charge in [0.15, 0.2) is 5.82 Å². The highest BCUT2D eigenvalue weighted by atomic mass is 79.9. The molecule has 6 heteroatoms. The minimum atomic E-state index is 0.692. The van der Waals surface area contributed by atoms with E-state index in [1.165, 1.54) is 4.88 Å². The summed E-state index contributed by atoms with van der Waals surface area (Å²) in [6.45, 7) is 3.55. The molecule has 0 saturated heterocycles. The Bertz CT molecular complexity index is 412. The number of rotatable bonds is 5. The van der Waals surface area contributed by atoms with Gasteiger partial charge in [0.1, 0.15) is 0 Å². The lowest BCUT2D eigenvalue weighted by Gasteiger charge is -1.99. The van der Waals surface area contributed by atoms with Crippen LogP contribution in [0.2, 0.25) is 0 Å². The van der Waals surface area contributed by atoms with Crippen LogP contribution in [0.3, 0.4) is 0 Å². The van der Waals surface area contributed by atoms with E-state index in [1.54, 1.807) is 11.3 Å². The molecule has 0 amide bonds. The van der Waals surface area contributed by atoms with Gasteiger partial charge < -0.3 is 9.84 Å². The lowest BCUT2D eigenvalue weighted by Crippen LogP contribution is -2.16. The van der Waals surface area contributed by atoms with Crippen LogP contribution in [0.25, 0.3) is 0 Å². The number of halogens is 1. The van der Waals surface area contributed by atoms with E-state index in [-0.39, 0.29) is 0 Å². The number of nitrogens with zero attached hydrogens (tertiary/aromatic N) is 2. The first-order chi connectivity index (χ1) is 7.74. The molecule has 0 aliphatic rings. The van der Waals surface area contributed by atoms with Crippen LogP contribution < -0.4 is 5.32 Å². The predicted molar refractivity (Wildman–Crippen MR) is 66.5 cm³/mol. The van der Waals surface area contributed by atoms with Gasteiger partial charge in [0.25, 0.3) is 0 Å². The average Bonchev–Trinajstić information content (AvgIpc) is 2.83. The van der Waals surface area contributed by atoms with Gasteiger partial charge in [-0.05, 0) is 35.0 Å². The van der Waals surface area contributed by atoms with Gasteiger partial charge in [-0.2, -0.15) is 4.98 Å². The number of nitrogens with one attached hydrogen (secondary N) is 1. The zero-order valence-corrected chi connectivity index (χ0v) is 11.3. The van der Waals surface area contributed by atoms with E-state index < -0.39 is 0 Å². The second-order valence-electron chi connectivity index (χ2n) is 3.37. The monoisotopic (exact) mass is 301 g/mol. The molecule has 0 fully saturated rings. The first-order valence-electron chi connectivity index (χ1n) is 4.98. The van der Waals surface area contributed by atoms with Crippen LogP contribution in [-0.2, 0) is 13.0 Å². The summed E-state index contributed by atoms with van der Waals surface area (Å²) in [4.78, 5) is 5.45. The summed E-state index contributed by atoms with van der Waals surface area (Å²) in [6, 6.07) is 4.17. The first kappa shape index (κ1) is 11.8. The van der Waals surface area contributed by atoms with Crippen molar-refractivity contribution >= 4 is 27.3 Å². The number of hydrogen-bond donors (Lipinski definition) is 1. The van der Waals surface area contributed by atoms with E-state index in [1.807, 2.05) is 6.92 Å². The topological polar surface area (TPSA) is 51.0 Å². The van der Waals surface area contributed by atoms with Crippen molar-refractivity contribution in [2.75, 3.05) is 6.54 Å². The van der Waals surface area contributed by atoms with Crippen molar-refractivity contribution in [3.05, 3.63) is 32.5 Å². The molecule has 0 aliphatic carbocycles. The van der Waals surface area contributed by atoms with Crippen LogP contribution in [-0.4, -0.2) is 16.7 Å². The van der Waals surface area contributed by atoms with E-state index in [9.17, 15) is 0 Å². The lowest BCUT2D eigenvalue weighted by molar-refractivity contribution is 0.372. The number of thiophene rings is 1. The maximum Gasteiger partial charge on any atom is 0.227 e. The summed E-state index contributed by atoms with van der Waals surface area (Å²) in [5.41, 5.74) is 0. The molecule has 1 N–H and O–H groups in total. The second kappa shape index (κ2) is 5.56. The van der Waals surface area contributed by atoms with Gasteiger partial charge in [-0.3, -0.25) is 0 Å². The molecule has 2 aromatic heterocycles. The van der Waals surface area contributed by atoms with E-state index >= 15 is 0 Å². The van der Waals surface area contributed by atoms with Crippen molar-refractivity contribution in [1.82, 2.24) is 15.5 Å². The minimum absolute atomic E-state index is 0.692. The maximum absolute atomic E-state index is 5.01. The van der Waals surface area contributed by atoms with Crippen molar-refractivity contribution < 1.29 is 4.52 Å². The fraction of sp³-hybridized carbons (Fsp3) is 0.400. The fourth-order valence-corrected chi connectivity index (χ4v) is 2.75. The van der Waals surface area contributed by atoms with Crippen molar-refractivity contribution in [1.29, 1.82) is 0 Å². The Kier molecular flexibility index (Phi) is 4.09. The van der Waals surface area contributed by atoms with Crippen molar-refractivity contribution in [2.45, 2.75) is 19.9 Å². The largest absolute Gasteiger partial charge is 0.339 e. The standard InChI is InChI=1S/C10H12BrN3OS/c1-7-13-10(15-14-7)4-5-12-6-8-2-3-9(11)16-8/h2-3,12H,4-6H2,1H3. The lowest BCUT2D eigenvalue weighted by atomic mass is 10.4. The normalized spacial score (nSPS) is 10.9. The van der Waals surface area contributed by atoms with Crippen LogP contribution in [0.4, 0.5) is 0 Å². The third-order valence-corrected chi connectivity index (χ3v) is 3.64. The minimum Gasteiger partial charge on any atom is -0.339 e. The molecule has 0 atom stereocenters. The quantitative estimate of drug-likeness (QED) is 0.862. The Balaban J connectivity index is 1.69. The zero-order valence-electron chi connectivity index (χ0n) is 8.86. The van der Waals surface area contributed by atoms with Crippen LogP contribution in [0.15, 0.2) is 20.4 Å². The molecule has 16 heavy (non-hydrogen) atoms. The molecule has 2 rings (SSSR count). The molecular weight excluding hydrogens is 290 g/mol. The van der Waals surface area contributed by atoms with E-state index in [0.29, 0.717) is 11.7 Å². The third-order valence-electron chi connectivity index (χ3n) is 2.01. The van der Waals surface area contributed by atoms with Crippen molar-refractivity contribution in [2.24, 2.45) is 0 Å². The Hall–Kier alpha value is -0.720. The SMILES string of the molecule is Cc1noc(CCNCc2ccc(Br)s2)n1. The van der Waals surface area contributed by atoms with Gasteiger partial charge in [0, 0.05) is 24.4 Å². The second-order valence-corrected chi connectivity index (χ2v) is 5.92. The Labute approximate surface area is 106 Å². The fourth-order valence-electron chi connectivity index (χ4n) is 1.30. The summed E-state index contributed by atoms with van der Waals surface area (Å²) < 4.78 is 6.18. The van der Waals surface area contributed by atoms with Gasteiger partial charge in [-0.25, -0.2) is 0 Å². The van der Waals surface area contributed by atoms with Gasteiger partial charge in [-0.15, -0.1) is 11.3 Å². The molecular formula is C10H12BrN3OS. The molecule has 0 aromatic carbocycles. The van der Waals surface area contributed by atoms with Gasteiger partial charge >= 0.3 is 0 Å². The Morgan fingerprint density at radius 2 is 2.38 bits per heavy atom. The van der Waals surface area contributed by atoms with Crippen molar-refractivity contribution in [3.63, 3.8) is 0 Å². The summed E-state index contributed by atoms with van der Waals surface area (Å²) in [5.74, 6) is 1.38. The number of aromatic nitrogens is 2. The number of aryl methyl sites for hydroxylation is 1. The summed E-state index contributed by atoms with van der Waals surface area (Å²) in [5, 5.41) is 7.07. The number of hydrogen-bond acceptors (Lipinski definition) is 5. The highest BCUT2D eigenvalue weighted by Crippen LogP contribution is 2.21. The third kappa shape index (κ3) is 3.40. The van der Waals surface area contributed by atoms with E-state index in [0.717, 1.165) is 23.3 Å². The van der Waals surface area contributed by atoms with E-state index in [2.05, 4.69) is 43.5 Å². The molecule has 0 saturated carbocycles. The summed E-state index contributed by atoms with van der Waals surface area (Å²) in [7, 11) is 0. The zero-order chi connectivity index (χ0) is 11.4. The van der Waals surface area contributed by atoms with Crippen LogP contribution in [0.1, 0.15) is 16.6 Å². The van der Waals surface area contributed by atoms with Gasteiger partial charge in [0.05, 0.1) is 3.79 Å². The highest BCUT2D eigenvalue weighted by molar-refractivity contribution is 9.11. The molecule has 0 bridgehead atoms. The molecule has 0 aliphatic heterocycles. The molecule has 0 radical (unpaired) electrons. The van der Waals surface area contributed by atoms with E-state index in [4.69, 9.17) is 4.52 Å². The Morgan fingerprint density at radius 3 is 3.00 bits per heavy atom. The first-order valence-corrected chi connectivity index (χ1v) is 6.59. The van der Waals surface area contributed by atoms with Crippen LogP contribution in [0, 0.1) is 6.92 Å². The Morgan fingerprint density at radius 1 is 1.50 bits per heavy atom. The van der Waals surface area contributed by atoms with Crippen molar-refractivity contribution in [3.8, 4) is 0 Å². The molecule has 2 heterocycles. The van der Waals surface area contributed by atoms with Crippen LogP contribution >= 0.6 is 27.3 Å². The molecule has 0 spiro atoms. The summed E-state index contributed by atoms with van der Waals surface area (Å²) >= 11 is 5.18. The molecule has 2 aromatic rings. The molecule has 4 nitrogen and oxygen atoms in total. The smallest absolute Gasteiger partial charge is 0.227 e. The van der Waals surface area contributed by atoms with Gasteiger partial charge in [-0.1, -0.05) is 5.16 Å². The van der Waals surface area contributed by atoms with Gasteiger partial charge in [0.2, 0.25) is 5.89 Å². The molecule has 86 valence electrons. The average molecular weight is 302 g/mol. The predicted octanol–water partition coefficient (Wildman–Crippen LogP) is 2.53. The molecule has 0 unspecified atom stereocenters. The summed E-state index contributed by atoms with van der Waals surface area (Å²) in [6.07, 6.45) is 0.771. The van der Waals surface area contributed by atoms with Crippen LogP contribution in [0.5, 0.6) is 0 Å². The highest BCUT2D eigenvalue weighted by Gasteiger charge is 2.02.